The molecule has 0 amide bonds. The standard InChI is InChI=1S/C22H18F6N2O/c1-2-3-4-13-5-7-16(17(23)9-13)15-11-29-20(30-12-15)14-6-8-19(18(24)10-14)31-22(27,28)21(25)26/h5-12,21H,2-4H2,1H3. The lowest BCUT2D eigenvalue weighted by Crippen LogP contribution is -2.33. The second-order valence-corrected chi connectivity index (χ2v) is 6.82. The first-order valence-corrected chi connectivity index (χ1v) is 9.47. The van der Waals surface area contributed by atoms with Crippen LogP contribution in [0.25, 0.3) is 22.5 Å². The molecular formula is C22H18F6N2O. The quantitative estimate of drug-likeness (QED) is 0.367. The molecule has 0 aliphatic carbocycles. The van der Waals surface area contributed by atoms with Crippen molar-refractivity contribution < 1.29 is 31.1 Å². The summed E-state index contributed by atoms with van der Waals surface area (Å²) in [6, 6.07) is 7.64. The second-order valence-electron chi connectivity index (χ2n) is 6.82. The van der Waals surface area contributed by atoms with Crippen molar-refractivity contribution in [3.8, 4) is 28.3 Å². The van der Waals surface area contributed by atoms with Crippen molar-refractivity contribution in [3.63, 3.8) is 0 Å². The van der Waals surface area contributed by atoms with Crippen LogP contribution >= 0.6 is 0 Å². The summed E-state index contributed by atoms with van der Waals surface area (Å²) >= 11 is 0. The highest BCUT2D eigenvalue weighted by molar-refractivity contribution is 5.65. The van der Waals surface area contributed by atoms with Gasteiger partial charge in [-0.2, -0.15) is 17.6 Å². The van der Waals surface area contributed by atoms with Crippen LogP contribution in [0.3, 0.4) is 0 Å². The molecule has 0 fully saturated rings. The van der Waals surface area contributed by atoms with E-state index in [4.69, 9.17) is 0 Å². The number of ether oxygens (including phenoxy) is 1. The molecule has 9 heteroatoms. The SMILES string of the molecule is CCCCc1ccc(-c2cnc(-c3ccc(OC(F)(F)C(F)F)c(F)c3)nc2)c(F)c1. The Labute approximate surface area is 174 Å². The van der Waals surface area contributed by atoms with E-state index >= 15 is 0 Å². The molecule has 3 rings (SSSR count). The zero-order valence-electron chi connectivity index (χ0n) is 16.4. The molecule has 0 N–H and O–H groups in total. The highest BCUT2D eigenvalue weighted by Gasteiger charge is 2.44. The minimum atomic E-state index is -4.82. The number of rotatable bonds is 8. The molecule has 3 nitrogen and oxygen atoms in total. The molecule has 1 aromatic heterocycles. The number of hydrogen-bond acceptors (Lipinski definition) is 3. The predicted octanol–water partition coefficient (Wildman–Crippen LogP) is 6.67. The number of nitrogens with zero attached hydrogens (tertiary/aromatic N) is 2. The molecule has 164 valence electrons. The Balaban J connectivity index is 1.79. The van der Waals surface area contributed by atoms with Crippen molar-refractivity contribution >= 4 is 0 Å². The molecule has 1 heterocycles. The Hall–Kier alpha value is -3.10. The maximum Gasteiger partial charge on any atom is 0.461 e. The van der Waals surface area contributed by atoms with Crippen LogP contribution < -0.4 is 4.74 Å². The molecule has 0 saturated carbocycles. The van der Waals surface area contributed by atoms with Crippen molar-refractivity contribution in [3.05, 3.63) is 66.0 Å². The van der Waals surface area contributed by atoms with Gasteiger partial charge in [0.15, 0.2) is 17.4 Å². The first-order chi connectivity index (χ1) is 14.7. The van der Waals surface area contributed by atoms with E-state index in [2.05, 4.69) is 21.6 Å². The molecule has 0 aliphatic rings. The van der Waals surface area contributed by atoms with Crippen LogP contribution in [0.15, 0.2) is 48.8 Å². The summed E-state index contributed by atoms with van der Waals surface area (Å²) in [7, 11) is 0. The van der Waals surface area contributed by atoms with Gasteiger partial charge in [-0.25, -0.2) is 18.7 Å². The van der Waals surface area contributed by atoms with Crippen LogP contribution in [0.2, 0.25) is 0 Å². The third-order valence-corrected chi connectivity index (χ3v) is 4.51. The van der Waals surface area contributed by atoms with Gasteiger partial charge in [0.25, 0.3) is 0 Å². The van der Waals surface area contributed by atoms with Gasteiger partial charge in [0.05, 0.1) is 0 Å². The summed E-state index contributed by atoms with van der Waals surface area (Å²) in [5.41, 5.74) is 1.69. The monoisotopic (exact) mass is 440 g/mol. The van der Waals surface area contributed by atoms with Gasteiger partial charge in [-0.05, 0) is 42.7 Å². The summed E-state index contributed by atoms with van der Waals surface area (Å²) in [5.74, 6) is -2.69. The smallest absolute Gasteiger partial charge is 0.425 e. The van der Waals surface area contributed by atoms with Gasteiger partial charge in [0.2, 0.25) is 0 Å². The van der Waals surface area contributed by atoms with Gasteiger partial charge in [-0.3, -0.25) is 0 Å². The average Bonchev–Trinajstić information content (AvgIpc) is 2.74. The molecule has 0 saturated heterocycles. The third kappa shape index (κ3) is 5.34. The van der Waals surface area contributed by atoms with Crippen molar-refractivity contribution in [1.29, 1.82) is 0 Å². The Bertz CT molecular complexity index is 1040. The number of alkyl halides is 4. The minimum Gasteiger partial charge on any atom is -0.425 e. The fourth-order valence-electron chi connectivity index (χ4n) is 2.86. The average molecular weight is 440 g/mol. The topological polar surface area (TPSA) is 35.0 Å². The van der Waals surface area contributed by atoms with E-state index in [0.29, 0.717) is 11.1 Å². The lowest BCUT2D eigenvalue weighted by atomic mass is 10.0. The molecule has 0 radical (unpaired) electrons. The molecule has 0 atom stereocenters. The van der Waals surface area contributed by atoms with E-state index in [1.165, 1.54) is 18.5 Å². The van der Waals surface area contributed by atoms with Crippen molar-refractivity contribution in [2.24, 2.45) is 0 Å². The van der Waals surface area contributed by atoms with Crippen LogP contribution in [0.4, 0.5) is 26.3 Å². The van der Waals surface area contributed by atoms with Gasteiger partial charge in [0.1, 0.15) is 5.82 Å². The number of aromatic nitrogens is 2. The molecule has 31 heavy (non-hydrogen) atoms. The number of hydrogen-bond donors (Lipinski definition) is 0. The van der Waals surface area contributed by atoms with Crippen LogP contribution in [0, 0.1) is 11.6 Å². The largest absolute Gasteiger partial charge is 0.461 e. The van der Waals surface area contributed by atoms with E-state index < -0.39 is 29.9 Å². The van der Waals surface area contributed by atoms with E-state index in [1.807, 2.05) is 6.07 Å². The number of benzene rings is 2. The van der Waals surface area contributed by atoms with E-state index in [9.17, 15) is 26.3 Å². The molecule has 0 unspecified atom stereocenters. The van der Waals surface area contributed by atoms with E-state index in [-0.39, 0.29) is 11.4 Å². The summed E-state index contributed by atoms with van der Waals surface area (Å²) in [6.45, 7) is 2.05. The van der Waals surface area contributed by atoms with E-state index in [1.54, 1.807) is 6.07 Å². The van der Waals surface area contributed by atoms with Gasteiger partial charge in [-0.15, -0.1) is 0 Å². The molecule has 3 aromatic rings. The zero-order valence-corrected chi connectivity index (χ0v) is 16.4. The Kier molecular flexibility index (Phi) is 6.82. The molecule has 0 spiro atoms. The minimum absolute atomic E-state index is 0.0368. The van der Waals surface area contributed by atoms with Gasteiger partial charge in [-0.1, -0.05) is 25.5 Å². The lowest BCUT2D eigenvalue weighted by Gasteiger charge is -2.17. The summed E-state index contributed by atoms with van der Waals surface area (Å²) in [4.78, 5) is 8.12. The number of unbranched alkanes of at least 4 members (excludes halogenated alkanes) is 1. The van der Waals surface area contributed by atoms with Gasteiger partial charge >= 0.3 is 12.5 Å². The van der Waals surface area contributed by atoms with Crippen LogP contribution in [0.1, 0.15) is 25.3 Å². The summed E-state index contributed by atoms with van der Waals surface area (Å²) < 4.78 is 82.6. The Morgan fingerprint density at radius 1 is 0.935 bits per heavy atom. The van der Waals surface area contributed by atoms with Crippen molar-refractivity contribution in [2.45, 2.75) is 38.7 Å². The van der Waals surface area contributed by atoms with Crippen LogP contribution in [-0.2, 0) is 6.42 Å². The van der Waals surface area contributed by atoms with Crippen molar-refractivity contribution in [1.82, 2.24) is 9.97 Å². The highest BCUT2D eigenvalue weighted by Crippen LogP contribution is 2.31. The van der Waals surface area contributed by atoms with Crippen molar-refractivity contribution in [2.75, 3.05) is 0 Å². The third-order valence-electron chi connectivity index (χ3n) is 4.51. The molecule has 0 bridgehead atoms. The number of aryl methyl sites for hydroxylation is 1. The van der Waals surface area contributed by atoms with Crippen LogP contribution in [0.5, 0.6) is 5.75 Å². The molecule has 0 aliphatic heterocycles. The lowest BCUT2D eigenvalue weighted by molar-refractivity contribution is -0.254. The Morgan fingerprint density at radius 2 is 1.65 bits per heavy atom. The second kappa shape index (κ2) is 9.36. The predicted molar refractivity (Wildman–Crippen MR) is 103 cm³/mol. The molecule has 2 aromatic carbocycles. The highest BCUT2D eigenvalue weighted by atomic mass is 19.3. The van der Waals surface area contributed by atoms with Crippen LogP contribution in [-0.4, -0.2) is 22.5 Å². The normalized spacial score (nSPS) is 11.7. The summed E-state index contributed by atoms with van der Waals surface area (Å²) in [5, 5.41) is 0. The van der Waals surface area contributed by atoms with Gasteiger partial charge in [0, 0.05) is 29.1 Å². The first-order valence-electron chi connectivity index (χ1n) is 9.47. The fraction of sp³-hybridized carbons (Fsp3) is 0.273. The first kappa shape index (κ1) is 22.6. The fourth-order valence-corrected chi connectivity index (χ4v) is 2.86. The Morgan fingerprint density at radius 3 is 2.23 bits per heavy atom. The zero-order chi connectivity index (χ0) is 22.6. The maximum atomic E-state index is 14.4. The van der Waals surface area contributed by atoms with Gasteiger partial charge < -0.3 is 4.74 Å². The number of halogens is 6. The van der Waals surface area contributed by atoms with E-state index in [0.717, 1.165) is 43.0 Å². The summed E-state index contributed by atoms with van der Waals surface area (Å²) in [6.07, 6.45) is -3.51. The maximum absolute atomic E-state index is 14.4. The molecular weight excluding hydrogens is 422 g/mol.